The summed E-state index contributed by atoms with van der Waals surface area (Å²) < 4.78 is 2.25. The van der Waals surface area contributed by atoms with Crippen molar-refractivity contribution in [2.24, 2.45) is 0 Å². The van der Waals surface area contributed by atoms with Crippen molar-refractivity contribution >= 4 is 54.1 Å². The van der Waals surface area contributed by atoms with Crippen LogP contribution in [0, 0.1) is 11.3 Å². The van der Waals surface area contributed by atoms with Crippen molar-refractivity contribution in [3.05, 3.63) is 182 Å². The molecule has 8 aromatic carbocycles. The van der Waals surface area contributed by atoms with Crippen molar-refractivity contribution in [3.63, 3.8) is 0 Å². The molecule has 10 aromatic rings. The van der Waals surface area contributed by atoms with Gasteiger partial charge < -0.3 is 4.57 Å². The predicted molar refractivity (Wildman–Crippen MR) is 212 cm³/mol. The Morgan fingerprint density at radius 2 is 0.961 bits per heavy atom. The van der Waals surface area contributed by atoms with Crippen LogP contribution < -0.4 is 0 Å². The Kier molecular flexibility index (Phi) is 6.56. The molecule has 0 fully saturated rings. The van der Waals surface area contributed by atoms with Gasteiger partial charge in [-0.1, -0.05) is 121 Å². The molecule has 3 nitrogen and oxygen atoms in total. The van der Waals surface area contributed by atoms with Gasteiger partial charge in [-0.2, -0.15) is 5.26 Å². The van der Waals surface area contributed by atoms with Crippen LogP contribution in [-0.2, 0) is 0 Å². The molecule has 0 aliphatic rings. The fraction of sp³-hybridized carbons (Fsp3) is 0. The van der Waals surface area contributed by atoms with Gasteiger partial charge in [0.05, 0.1) is 28.4 Å². The van der Waals surface area contributed by atoms with E-state index < -0.39 is 0 Å². The number of hydrogen-bond acceptors (Lipinski definition) is 2. The average molecular weight is 648 g/mol. The highest BCUT2D eigenvalue weighted by Gasteiger charge is 2.17. The van der Waals surface area contributed by atoms with E-state index in [-0.39, 0.29) is 0 Å². The smallest absolute Gasteiger partial charge is 0.0992 e. The molecule has 236 valence electrons. The molecule has 2 aromatic heterocycles. The zero-order valence-corrected chi connectivity index (χ0v) is 27.6. The monoisotopic (exact) mass is 647 g/mol. The summed E-state index contributed by atoms with van der Waals surface area (Å²) in [6, 6.07) is 62.4. The van der Waals surface area contributed by atoms with E-state index in [1.165, 1.54) is 49.0 Å². The molecule has 3 heteroatoms. The number of nitriles is 1. The molecule has 0 spiro atoms. The first-order valence-electron chi connectivity index (χ1n) is 17.2. The molecule has 0 N–H and O–H groups in total. The number of fused-ring (bicyclic) bond motifs is 8. The first kappa shape index (κ1) is 28.9. The number of nitrogens with zero attached hydrogens (tertiary/aromatic N) is 3. The van der Waals surface area contributed by atoms with E-state index in [1.54, 1.807) is 0 Å². The Morgan fingerprint density at radius 1 is 0.412 bits per heavy atom. The van der Waals surface area contributed by atoms with Crippen molar-refractivity contribution in [1.29, 1.82) is 5.26 Å². The largest absolute Gasteiger partial charge is 0.309 e. The lowest BCUT2D eigenvalue weighted by atomic mass is 9.88. The van der Waals surface area contributed by atoms with Crippen molar-refractivity contribution in [1.82, 2.24) is 9.55 Å². The minimum absolute atomic E-state index is 0.644. The lowest BCUT2D eigenvalue weighted by Crippen LogP contribution is -1.94. The van der Waals surface area contributed by atoms with Gasteiger partial charge in [0.15, 0.2) is 0 Å². The first-order valence-corrected chi connectivity index (χ1v) is 17.2. The molecular formula is C48H29N3. The van der Waals surface area contributed by atoms with Gasteiger partial charge in [-0.05, 0) is 97.5 Å². The van der Waals surface area contributed by atoms with Crippen LogP contribution in [0.5, 0.6) is 0 Å². The fourth-order valence-electron chi connectivity index (χ4n) is 7.87. The standard InChI is InChI=1S/C48H29N3/c49-29-31-19-22-40-41-23-20-33(26-48(41)51(47(40)25-31)35-13-5-2-6-14-35)46-24-21-34(30-50-46)43-28-45-38-17-9-7-15-36(38)42(32-11-3-1-4-12-32)27-44(45)39-18-10-8-16-37(39)43/h1-28,30H. The Bertz CT molecular complexity index is 3000. The van der Waals surface area contributed by atoms with E-state index in [1.807, 2.05) is 36.5 Å². The molecular weight excluding hydrogens is 619 g/mol. The molecule has 0 aliphatic heterocycles. The topological polar surface area (TPSA) is 41.6 Å². The van der Waals surface area contributed by atoms with Gasteiger partial charge >= 0.3 is 0 Å². The van der Waals surface area contributed by atoms with Crippen LogP contribution in [0.25, 0.3) is 93.3 Å². The SMILES string of the molecule is N#Cc1ccc2c3ccc(-c4ccc(-c5cc6c7ccccc7c(-c7ccccc7)cc6c6ccccc56)cn4)cc3n(-c3ccccc3)c2c1. The summed E-state index contributed by atoms with van der Waals surface area (Å²) in [6.45, 7) is 0. The lowest BCUT2D eigenvalue weighted by molar-refractivity contribution is 1.18. The van der Waals surface area contributed by atoms with Crippen molar-refractivity contribution in [2.75, 3.05) is 0 Å². The zero-order chi connectivity index (χ0) is 33.9. The van der Waals surface area contributed by atoms with Gasteiger partial charge in [-0.3, -0.25) is 4.98 Å². The maximum absolute atomic E-state index is 9.67. The van der Waals surface area contributed by atoms with E-state index in [9.17, 15) is 5.26 Å². The zero-order valence-electron chi connectivity index (χ0n) is 27.6. The van der Waals surface area contributed by atoms with Crippen molar-refractivity contribution in [3.8, 4) is 45.3 Å². The van der Waals surface area contributed by atoms with Crippen LogP contribution in [0.2, 0.25) is 0 Å². The van der Waals surface area contributed by atoms with Crippen LogP contribution >= 0.6 is 0 Å². The normalized spacial score (nSPS) is 11.5. The summed E-state index contributed by atoms with van der Waals surface area (Å²) in [6.07, 6.45) is 2.01. The molecule has 51 heavy (non-hydrogen) atoms. The number of para-hydroxylation sites is 1. The van der Waals surface area contributed by atoms with Crippen LogP contribution in [0.4, 0.5) is 0 Å². The summed E-state index contributed by atoms with van der Waals surface area (Å²) in [5, 5.41) is 19.4. The van der Waals surface area contributed by atoms with Crippen LogP contribution in [0.3, 0.4) is 0 Å². The molecule has 0 saturated carbocycles. The van der Waals surface area contributed by atoms with Gasteiger partial charge in [0, 0.05) is 33.8 Å². The van der Waals surface area contributed by atoms with Gasteiger partial charge in [-0.25, -0.2) is 0 Å². The van der Waals surface area contributed by atoms with E-state index in [0.717, 1.165) is 44.3 Å². The minimum Gasteiger partial charge on any atom is -0.309 e. The highest BCUT2D eigenvalue weighted by atomic mass is 15.0. The summed E-state index contributed by atoms with van der Waals surface area (Å²) in [5.41, 5.74) is 10.5. The van der Waals surface area contributed by atoms with E-state index >= 15 is 0 Å². The second-order valence-electron chi connectivity index (χ2n) is 13.1. The highest BCUT2D eigenvalue weighted by Crippen LogP contribution is 2.42. The van der Waals surface area contributed by atoms with Gasteiger partial charge in [0.2, 0.25) is 0 Å². The second kappa shape index (κ2) is 11.6. The number of aromatic nitrogens is 2. The van der Waals surface area contributed by atoms with Gasteiger partial charge in [0.25, 0.3) is 0 Å². The number of rotatable bonds is 4. The van der Waals surface area contributed by atoms with Gasteiger partial charge in [0.1, 0.15) is 0 Å². The Labute approximate surface area is 294 Å². The maximum atomic E-state index is 9.67. The maximum Gasteiger partial charge on any atom is 0.0992 e. The molecule has 0 saturated heterocycles. The summed E-state index contributed by atoms with van der Waals surface area (Å²) in [5.74, 6) is 0. The highest BCUT2D eigenvalue weighted by molar-refractivity contribution is 6.23. The Morgan fingerprint density at radius 3 is 1.59 bits per heavy atom. The third kappa shape index (κ3) is 4.62. The lowest BCUT2D eigenvalue weighted by Gasteiger charge is -2.16. The summed E-state index contributed by atoms with van der Waals surface area (Å²) >= 11 is 0. The van der Waals surface area contributed by atoms with Crippen LogP contribution in [0.1, 0.15) is 5.56 Å². The molecule has 0 atom stereocenters. The fourth-order valence-corrected chi connectivity index (χ4v) is 7.87. The third-order valence-electron chi connectivity index (χ3n) is 10.2. The first-order chi connectivity index (χ1) is 25.2. The van der Waals surface area contributed by atoms with Crippen molar-refractivity contribution < 1.29 is 0 Å². The molecule has 2 heterocycles. The third-order valence-corrected chi connectivity index (χ3v) is 10.2. The second-order valence-corrected chi connectivity index (χ2v) is 13.1. The Balaban J connectivity index is 1.13. The van der Waals surface area contributed by atoms with Crippen molar-refractivity contribution in [2.45, 2.75) is 0 Å². The molecule has 0 unspecified atom stereocenters. The quantitative estimate of drug-likeness (QED) is 0.178. The van der Waals surface area contributed by atoms with E-state index in [4.69, 9.17) is 4.98 Å². The Hall–Kier alpha value is -7.02. The molecule has 0 bridgehead atoms. The molecule has 0 radical (unpaired) electrons. The minimum atomic E-state index is 0.644. The molecule has 10 rings (SSSR count). The number of pyridine rings is 1. The van der Waals surface area contributed by atoms with Crippen LogP contribution in [-0.4, -0.2) is 9.55 Å². The van der Waals surface area contributed by atoms with Crippen LogP contribution in [0.15, 0.2) is 176 Å². The van der Waals surface area contributed by atoms with Gasteiger partial charge in [-0.15, -0.1) is 0 Å². The summed E-state index contributed by atoms with van der Waals surface area (Å²) in [7, 11) is 0. The van der Waals surface area contributed by atoms with E-state index in [0.29, 0.717) is 5.56 Å². The molecule has 0 aliphatic carbocycles. The predicted octanol–water partition coefficient (Wildman–Crippen LogP) is 12.5. The number of benzene rings is 8. The summed E-state index contributed by atoms with van der Waals surface area (Å²) in [4.78, 5) is 5.07. The average Bonchev–Trinajstić information content (AvgIpc) is 3.53. The van der Waals surface area contributed by atoms with E-state index in [2.05, 4.69) is 150 Å². The molecule has 0 amide bonds. The number of hydrogen-bond donors (Lipinski definition) is 0.